The molecule has 0 aliphatic heterocycles. The van der Waals surface area contributed by atoms with E-state index in [0.29, 0.717) is 0 Å². The summed E-state index contributed by atoms with van der Waals surface area (Å²) in [6.45, 7) is 1.83. The fourth-order valence-electron chi connectivity index (χ4n) is 0.449. The lowest BCUT2D eigenvalue weighted by Crippen LogP contribution is -1.84. The van der Waals surface area contributed by atoms with E-state index in [2.05, 4.69) is 9.97 Å². The Morgan fingerprint density at radius 1 is 1.62 bits per heavy atom. The van der Waals surface area contributed by atoms with Crippen molar-refractivity contribution in [1.82, 2.24) is 15.7 Å². The van der Waals surface area contributed by atoms with E-state index in [0.717, 1.165) is 5.69 Å². The molecule has 0 aliphatic rings. The predicted octanol–water partition coefficient (Wildman–Crippen LogP) is 0.699. The minimum atomic E-state index is 0.0880. The lowest BCUT2D eigenvalue weighted by atomic mass is 10.5. The Labute approximate surface area is 47.6 Å². The van der Waals surface area contributed by atoms with Crippen LogP contribution in [0.25, 0.3) is 0 Å². The second kappa shape index (κ2) is 1.78. The van der Waals surface area contributed by atoms with E-state index < -0.39 is 0 Å². The highest BCUT2D eigenvalue weighted by molar-refractivity contribution is 5.11. The maximum absolute atomic E-state index is 6.91. The summed E-state index contributed by atoms with van der Waals surface area (Å²) in [7, 11) is 0. The number of nitrogens with zero attached hydrogens (tertiary/aromatic N) is 2. The Bertz CT molecular complexity index is 168. The largest absolute Gasteiger partial charge is 0.266 e. The Hall–Kier alpha value is -1.12. The van der Waals surface area contributed by atoms with Crippen molar-refractivity contribution in [3.8, 4) is 0 Å². The summed E-state index contributed by atoms with van der Waals surface area (Å²) < 4.78 is 0. The molecule has 41 valence electrons. The van der Waals surface area contributed by atoms with Crippen molar-refractivity contribution in [2.24, 2.45) is 0 Å². The lowest BCUT2D eigenvalue weighted by molar-refractivity contribution is 1.07. The molecule has 1 aromatic heterocycles. The Kier molecular flexibility index (Phi) is 1.12. The van der Waals surface area contributed by atoms with Crippen molar-refractivity contribution < 1.29 is 0 Å². The minimum absolute atomic E-state index is 0.0880. The van der Waals surface area contributed by atoms with Gasteiger partial charge in [-0.2, -0.15) is 0 Å². The van der Waals surface area contributed by atoms with E-state index in [9.17, 15) is 0 Å². The highest BCUT2D eigenvalue weighted by Gasteiger charge is 1.85. The van der Waals surface area contributed by atoms with E-state index in [4.69, 9.17) is 5.73 Å². The van der Waals surface area contributed by atoms with Gasteiger partial charge in [0.1, 0.15) is 0 Å². The predicted molar refractivity (Wildman–Crippen MR) is 29.5 cm³/mol. The molecule has 0 unspecified atom stereocenters. The number of nitrogens with one attached hydrogen (secondary N) is 1. The fraction of sp³-hybridized carbons (Fsp3) is 0.200. The first-order valence-corrected chi connectivity index (χ1v) is 2.30. The molecule has 3 nitrogen and oxygen atoms in total. The van der Waals surface area contributed by atoms with Crippen molar-refractivity contribution in [1.29, 1.82) is 0 Å². The van der Waals surface area contributed by atoms with Gasteiger partial charge in [-0.1, -0.05) is 0 Å². The summed E-state index contributed by atoms with van der Waals surface area (Å²) in [6.07, 6.45) is 1.57. The van der Waals surface area contributed by atoms with Gasteiger partial charge in [0.05, 0.1) is 0 Å². The maximum atomic E-state index is 6.91. The van der Waals surface area contributed by atoms with Gasteiger partial charge in [-0.15, -0.1) is 0 Å². The number of aromatic nitrogens is 2. The zero-order valence-corrected chi connectivity index (χ0v) is 4.55. The van der Waals surface area contributed by atoms with Crippen LogP contribution >= 0.6 is 0 Å². The van der Waals surface area contributed by atoms with Crippen LogP contribution in [0, 0.1) is 6.92 Å². The highest BCUT2D eigenvalue weighted by Crippen LogP contribution is 1.93. The SMILES string of the molecule is Cc1ccnc([NH])n1. The standard InChI is InChI=1S/C5H6N3/c1-4-2-3-7-5(6)8-4/h2-3,6H,1H3. The van der Waals surface area contributed by atoms with Crippen LogP contribution in [-0.2, 0) is 0 Å². The van der Waals surface area contributed by atoms with Gasteiger partial charge in [-0.25, -0.2) is 9.97 Å². The Morgan fingerprint density at radius 2 is 2.38 bits per heavy atom. The average Bonchev–Trinajstić information content (AvgIpc) is 1.64. The first-order chi connectivity index (χ1) is 3.79. The van der Waals surface area contributed by atoms with Gasteiger partial charge < -0.3 is 0 Å². The molecule has 0 spiro atoms. The van der Waals surface area contributed by atoms with E-state index in [1.54, 1.807) is 12.3 Å². The second-order valence-corrected chi connectivity index (χ2v) is 1.52. The van der Waals surface area contributed by atoms with Crippen LogP contribution in [0.2, 0.25) is 0 Å². The molecule has 0 saturated heterocycles. The quantitative estimate of drug-likeness (QED) is 0.491. The molecule has 0 saturated carbocycles. The average molecular weight is 108 g/mol. The molecule has 0 atom stereocenters. The molecule has 0 amide bonds. The third kappa shape index (κ3) is 0.932. The molecule has 0 fully saturated rings. The molecule has 8 heavy (non-hydrogen) atoms. The molecule has 1 aromatic rings. The minimum Gasteiger partial charge on any atom is -0.266 e. The van der Waals surface area contributed by atoms with Crippen molar-refractivity contribution in [2.45, 2.75) is 6.92 Å². The summed E-state index contributed by atoms with van der Waals surface area (Å²) >= 11 is 0. The van der Waals surface area contributed by atoms with E-state index in [1.165, 1.54) is 0 Å². The monoisotopic (exact) mass is 108 g/mol. The van der Waals surface area contributed by atoms with Gasteiger partial charge in [-0.05, 0) is 13.0 Å². The van der Waals surface area contributed by atoms with Crippen LogP contribution in [0.15, 0.2) is 12.3 Å². The third-order valence-corrected chi connectivity index (χ3v) is 0.795. The molecular weight excluding hydrogens is 102 g/mol. The van der Waals surface area contributed by atoms with Gasteiger partial charge in [0.15, 0.2) is 0 Å². The molecule has 3 heteroatoms. The molecule has 0 bridgehead atoms. The summed E-state index contributed by atoms with van der Waals surface area (Å²) in [6, 6.07) is 1.76. The van der Waals surface area contributed by atoms with Crippen LogP contribution in [0.1, 0.15) is 5.69 Å². The van der Waals surface area contributed by atoms with Gasteiger partial charge in [0.25, 0.3) is 0 Å². The molecule has 0 aromatic carbocycles. The van der Waals surface area contributed by atoms with Crippen LogP contribution < -0.4 is 5.73 Å². The smallest absolute Gasteiger partial charge is 0.241 e. The van der Waals surface area contributed by atoms with Crippen molar-refractivity contribution in [2.75, 3.05) is 0 Å². The molecule has 1 radical (unpaired) electrons. The number of rotatable bonds is 0. The second-order valence-electron chi connectivity index (χ2n) is 1.52. The number of hydrogen-bond donors (Lipinski definition) is 0. The molecule has 1 rings (SSSR count). The summed E-state index contributed by atoms with van der Waals surface area (Å²) in [5.41, 5.74) is 7.75. The van der Waals surface area contributed by atoms with Crippen LogP contribution in [0.3, 0.4) is 0 Å². The van der Waals surface area contributed by atoms with Gasteiger partial charge in [0.2, 0.25) is 5.95 Å². The van der Waals surface area contributed by atoms with Crippen LogP contribution in [0.4, 0.5) is 5.95 Å². The summed E-state index contributed by atoms with van der Waals surface area (Å²) in [4.78, 5) is 7.32. The van der Waals surface area contributed by atoms with Crippen LogP contribution in [0.5, 0.6) is 0 Å². The number of aryl methyl sites for hydroxylation is 1. The highest BCUT2D eigenvalue weighted by atomic mass is 15.0. The zero-order valence-electron chi connectivity index (χ0n) is 4.55. The van der Waals surface area contributed by atoms with Crippen LogP contribution in [-0.4, -0.2) is 9.97 Å². The molecular formula is C5H6N3. The van der Waals surface area contributed by atoms with Crippen molar-refractivity contribution in [3.63, 3.8) is 0 Å². The van der Waals surface area contributed by atoms with Crippen molar-refractivity contribution in [3.05, 3.63) is 18.0 Å². The molecule has 1 heterocycles. The van der Waals surface area contributed by atoms with Gasteiger partial charge in [-0.3, -0.25) is 5.73 Å². The van der Waals surface area contributed by atoms with Crippen molar-refractivity contribution >= 4 is 5.95 Å². The van der Waals surface area contributed by atoms with E-state index in [1.807, 2.05) is 6.92 Å². The first-order valence-electron chi connectivity index (χ1n) is 2.30. The fourth-order valence-corrected chi connectivity index (χ4v) is 0.449. The lowest BCUT2D eigenvalue weighted by Gasteiger charge is -1.87. The molecule has 0 aliphatic carbocycles. The number of hydrogen-bond acceptors (Lipinski definition) is 2. The molecule has 1 N–H and O–H groups in total. The third-order valence-electron chi connectivity index (χ3n) is 0.795. The Morgan fingerprint density at radius 3 is 2.75 bits per heavy atom. The topological polar surface area (TPSA) is 49.6 Å². The van der Waals surface area contributed by atoms with E-state index in [-0.39, 0.29) is 5.95 Å². The summed E-state index contributed by atoms with van der Waals surface area (Å²) in [5, 5.41) is 0. The normalized spacial score (nSPS) is 9.12. The van der Waals surface area contributed by atoms with E-state index >= 15 is 0 Å². The Balaban J connectivity index is 3.08. The summed E-state index contributed by atoms with van der Waals surface area (Å²) in [5.74, 6) is 0.0880. The maximum Gasteiger partial charge on any atom is 0.241 e. The van der Waals surface area contributed by atoms with Gasteiger partial charge >= 0.3 is 0 Å². The zero-order chi connectivity index (χ0) is 5.98. The van der Waals surface area contributed by atoms with Gasteiger partial charge in [0, 0.05) is 11.9 Å². The first kappa shape index (κ1) is 5.03.